The monoisotopic (exact) mass is 114 g/mol. The third-order valence-corrected chi connectivity index (χ3v) is 1.83. The molecule has 1 atom stereocenters. The molecular formula is C7H14O. The summed E-state index contributed by atoms with van der Waals surface area (Å²) in [5, 5.41) is 0. The molecule has 0 radical (unpaired) electrons. The van der Waals surface area contributed by atoms with Gasteiger partial charge in [0.05, 0.1) is 0 Å². The van der Waals surface area contributed by atoms with E-state index in [4.69, 9.17) is 4.74 Å². The van der Waals surface area contributed by atoms with Crippen molar-refractivity contribution in [2.75, 3.05) is 13.2 Å². The molecule has 8 heavy (non-hydrogen) atoms. The van der Waals surface area contributed by atoms with Crippen LogP contribution in [0.25, 0.3) is 0 Å². The van der Waals surface area contributed by atoms with Gasteiger partial charge in [-0.1, -0.05) is 13.3 Å². The fourth-order valence-corrected chi connectivity index (χ4v) is 1.13. The van der Waals surface area contributed by atoms with Gasteiger partial charge in [-0.15, -0.1) is 0 Å². The van der Waals surface area contributed by atoms with E-state index in [2.05, 4.69) is 6.92 Å². The minimum absolute atomic E-state index is 0.865. The van der Waals surface area contributed by atoms with Crippen molar-refractivity contribution >= 4 is 0 Å². The molecule has 1 fully saturated rings. The largest absolute Gasteiger partial charge is 0.381 e. The van der Waals surface area contributed by atoms with E-state index in [0.717, 1.165) is 19.1 Å². The van der Waals surface area contributed by atoms with Crippen molar-refractivity contribution in [2.45, 2.75) is 26.2 Å². The van der Waals surface area contributed by atoms with Crippen LogP contribution in [0.3, 0.4) is 0 Å². The number of rotatable bonds is 1. The predicted octanol–water partition coefficient (Wildman–Crippen LogP) is 1.82. The van der Waals surface area contributed by atoms with E-state index in [1.165, 1.54) is 19.3 Å². The maximum absolute atomic E-state index is 5.27. The van der Waals surface area contributed by atoms with Crippen LogP contribution in [0, 0.1) is 5.92 Å². The van der Waals surface area contributed by atoms with Gasteiger partial charge in [0.15, 0.2) is 0 Å². The normalized spacial score (nSPS) is 30.4. The minimum Gasteiger partial charge on any atom is -0.381 e. The predicted molar refractivity (Wildman–Crippen MR) is 33.8 cm³/mol. The average molecular weight is 114 g/mol. The maximum atomic E-state index is 5.27. The number of hydrogen-bond donors (Lipinski definition) is 0. The molecule has 48 valence electrons. The summed E-state index contributed by atoms with van der Waals surface area (Å²) in [4.78, 5) is 0. The van der Waals surface area contributed by atoms with Gasteiger partial charge in [0.1, 0.15) is 0 Å². The van der Waals surface area contributed by atoms with E-state index in [-0.39, 0.29) is 0 Å². The molecule has 0 amide bonds. The molecule has 0 aromatic rings. The Hall–Kier alpha value is -0.0400. The quantitative estimate of drug-likeness (QED) is 0.505. The topological polar surface area (TPSA) is 9.23 Å². The Labute approximate surface area is 51.0 Å². The summed E-state index contributed by atoms with van der Waals surface area (Å²) in [5.74, 6) is 0.865. The van der Waals surface area contributed by atoms with Crippen molar-refractivity contribution in [1.29, 1.82) is 0 Å². The summed E-state index contributed by atoms with van der Waals surface area (Å²) in [6.07, 6.45) is 3.95. The van der Waals surface area contributed by atoms with Gasteiger partial charge in [-0.05, 0) is 18.8 Å². The zero-order valence-corrected chi connectivity index (χ0v) is 5.52. The fraction of sp³-hybridized carbons (Fsp3) is 1.00. The summed E-state index contributed by atoms with van der Waals surface area (Å²) in [6.45, 7) is 4.24. The van der Waals surface area contributed by atoms with Crippen molar-refractivity contribution in [1.82, 2.24) is 0 Å². The number of ether oxygens (including phenoxy) is 1. The maximum Gasteiger partial charge on any atom is 0.0494 e. The van der Waals surface area contributed by atoms with Crippen LogP contribution in [0.4, 0.5) is 0 Å². The van der Waals surface area contributed by atoms with Crippen LogP contribution in [-0.4, -0.2) is 13.2 Å². The molecule has 0 saturated carbocycles. The van der Waals surface area contributed by atoms with E-state index in [1.807, 2.05) is 0 Å². The van der Waals surface area contributed by atoms with Crippen molar-refractivity contribution in [2.24, 2.45) is 5.92 Å². The second kappa shape index (κ2) is 3.08. The van der Waals surface area contributed by atoms with Gasteiger partial charge in [0.25, 0.3) is 0 Å². The Morgan fingerprint density at radius 3 is 2.88 bits per heavy atom. The van der Waals surface area contributed by atoms with E-state index < -0.39 is 0 Å². The Bertz CT molecular complexity index is 55.4. The van der Waals surface area contributed by atoms with Gasteiger partial charge in [-0.2, -0.15) is 0 Å². The van der Waals surface area contributed by atoms with Gasteiger partial charge in [0.2, 0.25) is 0 Å². The van der Waals surface area contributed by atoms with E-state index in [0.29, 0.717) is 0 Å². The Kier molecular flexibility index (Phi) is 2.34. The van der Waals surface area contributed by atoms with Crippen LogP contribution in [0.2, 0.25) is 0 Å². The molecule has 1 rings (SSSR count). The van der Waals surface area contributed by atoms with Crippen LogP contribution in [0.1, 0.15) is 26.2 Å². The summed E-state index contributed by atoms with van der Waals surface area (Å²) in [7, 11) is 0. The summed E-state index contributed by atoms with van der Waals surface area (Å²) in [5.41, 5.74) is 0. The lowest BCUT2D eigenvalue weighted by Gasteiger charge is -2.19. The van der Waals surface area contributed by atoms with Crippen molar-refractivity contribution in [3.8, 4) is 0 Å². The third-order valence-electron chi connectivity index (χ3n) is 1.83. The molecule has 0 bridgehead atoms. The van der Waals surface area contributed by atoms with Crippen LogP contribution >= 0.6 is 0 Å². The molecule has 1 saturated heterocycles. The first-order valence-corrected chi connectivity index (χ1v) is 3.51. The highest BCUT2D eigenvalue weighted by molar-refractivity contribution is 4.59. The molecule has 0 N–H and O–H groups in total. The molecule has 1 aliphatic rings. The van der Waals surface area contributed by atoms with Gasteiger partial charge >= 0.3 is 0 Å². The molecule has 1 heterocycles. The highest BCUT2D eigenvalue weighted by Gasteiger charge is 2.09. The van der Waals surface area contributed by atoms with Gasteiger partial charge in [0, 0.05) is 13.2 Å². The van der Waals surface area contributed by atoms with Gasteiger partial charge in [-0.25, -0.2) is 0 Å². The van der Waals surface area contributed by atoms with Crippen molar-refractivity contribution in [3.63, 3.8) is 0 Å². The van der Waals surface area contributed by atoms with Gasteiger partial charge < -0.3 is 4.74 Å². The minimum atomic E-state index is 0.865. The molecule has 0 aromatic carbocycles. The average Bonchev–Trinajstić information content (AvgIpc) is 1.90. The Morgan fingerprint density at radius 1 is 1.62 bits per heavy atom. The van der Waals surface area contributed by atoms with Crippen molar-refractivity contribution in [3.05, 3.63) is 0 Å². The van der Waals surface area contributed by atoms with Crippen LogP contribution in [0.15, 0.2) is 0 Å². The Balaban J connectivity index is 2.13. The molecule has 1 aliphatic heterocycles. The van der Waals surface area contributed by atoms with Crippen molar-refractivity contribution < 1.29 is 4.74 Å². The van der Waals surface area contributed by atoms with Gasteiger partial charge in [-0.3, -0.25) is 0 Å². The molecule has 1 unspecified atom stereocenters. The highest BCUT2D eigenvalue weighted by atomic mass is 16.5. The lowest BCUT2D eigenvalue weighted by molar-refractivity contribution is 0.0535. The van der Waals surface area contributed by atoms with E-state index in [1.54, 1.807) is 0 Å². The zero-order chi connectivity index (χ0) is 5.82. The van der Waals surface area contributed by atoms with Crippen LogP contribution in [0.5, 0.6) is 0 Å². The smallest absolute Gasteiger partial charge is 0.0494 e. The fourth-order valence-electron chi connectivity index (χ4n) is 1.13. The summed E-state index contributed by atoms with van der Waals surface area (Å²) >= 11 is 0. The molecule has 1 heteroatoms. The molecular weight excluding hydrogens is 100 g/mol. The third kappa shape index (κ3) is 1.48. The molecule has 0 spiro atoms. The van der Waals surface area contributed by atoms with Crippen LogP contribution in [-0.2, 0) is 4.74 Å². The number of hydrogen-bond acceptors (Lipinski definition) is 1. The SMILES string of the molecule is CCC1CCCOC1. The zero-order valence-electron chi connectivity index (χ0n) is 5.52. The van der Waals surface area contributed by atoms with Crippen LogP contribution < -0.4 is 0 Å². The van der Waals surface area contributed by atoms with E-state index >= 15 is 0 Å². The summed E-state index contributed by atoms with van der Waals surface area (Å²) < 4.78 is 5.27. The second-order valence-corrected chi connectivity index (χ2v) is 2.49. The van der Waals surface area contributed by atoms with E-state index in [9.17, 15) is 0 Å². The molecule has 0 aliphatic carbocycles. The first kappa shape index (κ1) is 6.09. The lowest BCUT2D eigenvalue weighted by Crippen LogP contribution is -2.15. The Morgan fingerprint density at radius 2 is 2.50 bits per heavy atom. The highest BCUT2D eigenvalue weighted by Crippen LogP contribution is 2.15. The second-order valence-electron chi connectivity index (χ2n) is 2.49. The lowest BCUT2D eigenvalue weighted by atomic mass is 10.0. The standard InChI is InChI=1S/C7H14O/c1-2-7-4-3-5-8-6-7/h7H,2-6H2,1H3. The first-order chi connectivity index (χ1) is 3.93. The molecule has 0 aromatic heterocycles. The first-order valence-electron chi connectivity index (χ1n) is 3.51. The molecule has 1 nitrogen and oxygen atoms in total. The summed E-state index contributed by atoms with van der Waals surface area (Å²) in [6, 6.07) is 0.